The quantitative estimate of drug-likeness (QED) is 0.865. The van der Waals surface area contributed by atoms with E-state index in [2.05, 4.69) is 4.98 Å². The molecule has 0 radical (unpaired) electrons. The van der Waals surface area contributed by atoms with Crippen molar-refractivity contribution in [3.8, 4) is 0 Å². The molecule has 9 heteroatoms. The summed E-state index contributed by atoms with van der Waals surface area (Å²) in [6.45, 7) is 1.97. The maximum absolute atomic E-state index is 13.7. The predicted octanol–water partition coefficient (Wildman–Crippen LogP) is 1.33. The molecule has 0 aliphatic carbocycles. The van der Waals surface area contributed by atoms with Crippen LogP contribution in [0.15, 0.2) is 36.7 Å². The molecule has 1 unspecified atom stereocenters. The maximum Gasteiger partial charge on any atom is 0.308 e. The van der Waals surface area contributed by atoms with E-state index >= 15 is 0 Å². The Morgan fingerprint density at radius 2 is 2.08 bits per heavy atom. The van der Waals surface area contributed by atoms with Gasteiger partial charge in [0.25, 0.3) is 0 Å². The van der Waals surface area contributed by atoms with Crippen molar-refractivity contribution in [2.24, 2.45) is 5.73 Å². The number of imidazole rings is 1. The number of halogens is 1. The van der Waals surface area contributed by atoms with Gasteiger partial charge in [-0.25, -0.2) is 13.3 Å². The first-order valence-electron chi connectivity index (χ1n) is 8.34. The van der Waals surface area contributed by atoms with E-state index in [0.29, 0.717) is 24.2 Å². The summed E-state index contributed by atoms with van der Waals surface area (Å²) in [6, 6.07) is 5.80. The molecule has 1 aromatic carbocycles. The highest BCUT2D eigenvalue weighted by Gasteiger charge is 2.42. The van der Waals surface area contributed by atoms with Crippen LogP contribution in [-0.4, -0.2) is 40.7 Å². The lowest BCUT2D eigenvalue weighted by molar-refractivity contribution is -0.124. The van der Waals surface area contributed by atoms with Gasteiger partial charge in [-0.3, -0.25) is 4.79 Å². The summed E-state index contributed by atoms with van der Waals surface area (Å²) in [5.74, 6) is -0.660. The van der Waals surface area contributed by atoms with Gasteiger partial charge in [-0.1, -0.05) is 12.1 Å². The van der Waals surface area contributed by atoms with Crippen molar-refractivity contribution in [3.05, 3.63) is 53.9 Å². The van der Waals surface area contributed by atoms with Gasteiger partial charge in [-0.2, -0.15) is 12.7 Å². The lowest BCUT2D eigenvalue weighted by Gasteiger charge is -2.30. The SMILES string of the molecule is Cc1nccn1S(=O)(=O)N1CCCC(C(N)=O)(c2cccc(F)c2)CC1. The summed E-state index contributed by atoms with van der Waals surface area (Å²) in [4.78, 5) is 16.3. The molecule has 1 amide bonds. The average molecular weight is 380 g/mol. The van der Waals surface area contributed by atoms with Crippen molar-refractivity contribution in [1.82, 2.24) is 13.3 Å². The van der Waals surface area contributed by atoms with Gasteiger partial charge in [0.15, 0.2) is 0 Å². The summed E-state index contributed by atoms with van der Waals surface area (Å²) in [5, 5.41) is 0. The van der Waals surface area contributed by atoms with Crippen LogP contribution >= 0.6 is 0 Å². The number of hydrogen-bond acceptors (Lipinski definition) is 4. The molecule has 1 aliphatic heterocycles. The van der Waals surface area contributed by atoms with E-state index in [1.165, 1.54) is 34.9 Å². The van der Waals surface area contributed by atoms with Crippen molar-refractivity contribution in [2.75, 3.05) is 13.1 Å². The summed E-state index contributed by atoms with van der Waals surface area (Å²) in [5.41, 5.74) is 5.08. The topological polar surface area (TPSA) is 98.3 Å². The Morgan fingerprint density at radius 3 is 2.69 bits per heavy atom. The third-order valence-electron chi connectivity index (χ3n) is 5.01. The zero-order chi connectivity index (χ0) is 18.9. The second-order valence-corrected chi connectivity index (χ2v) is 8.29. The minimum absolute atomic E-state index is 0.111. The second kappa shape index (κ2) is 6.81. The molecule has 1 atom stereocenters. The van der Waals surface area contributed by atoms with Crippen LogP contribution in [0.2, 0.25) is 0 Å². The molecular formula is C17H21FN4O3S. The van der Waals surface area contributed by atoms with Gasteiger partial charge in [0.05, 0.1) is 5.41 Å². The molecular weight excluding hydrogens is 359 g/mol. The minimum atomic E-state index is -3.78. The molecule has 26 heavy (non-hydrogen) atoms. The number of hydrogen-bond donors (Lipinski definition) is 1. The normalized spacial score (nSPS) is 22.1. The van der Waals surface area contributed by atoms with Crippen molar-refractivity contribution in [3.63, 3.8) is 0 Å². The smallest absolute Gasteiger partial charge is 0.308 e. The highest BCUT2D eigenvalue weighted by Crippen LogP contribution is 2.36. The molecule has 2 aromatic rings. The monoisotopic (exact) mass is 380 g/mol. The Bertz CT molecular complexity index is 928. The molecule has 0 spiro atoms. The number of aromatic nitrogens is 2. The largest absolute Gasteiger partial charge is 0.369 e. The molecule has 0 bridgehead atoms. The van der Waals surface area contributed by atoms with Crippen molar-refractivity contribution < 1.29 is 17.6 Å². The van der Waals surface area contributed by atoms with E-state index in [0.717, 1.165) is 3.97 Å². The fourth-order valence-corrected chi connectivity index (χ4v) is 5.06. The van der Waals surface area contributed by atoms with Gasteiger partial charge in [0, 0.05) is 25.5 Å². The predicted molar refractivity (Wildman–Crippen MR) is 94.0 cm³/mol. The van der Waals surface area contributed by atoms with E-state index in [4.69, 9.17) is 5.73 Å². The van der Waals surface area contributed by atoms with E-state index in [9.17, 15) is 17.6 Å². The summed E-state index contributed by atoms with van der Waals surface area (Å²) >= 11 is 0. The van der Waals surface area contributed by atoms with Crippen LogP contribution in [0, 0.1) is 12.7 Å². The lowest BCUT2D eigenvalue weighted by atomic mass is 9.74. The van der Waals surface area contributed by atoms with Crippen molar-refractivity contribution >= 4 is 16.1 Å². The van der Waals surface area contributed by atoms with Crippen LogP contribution < -0.4 is 5.73 Å². The third kappa shape index (κ3) is 3.12. The number of carbonyl (C=O) groups is 1. The highest BCUT2D eigenvalue weighted by molar-refractivity contribution is 7.87. The van der Waals surface area contributed by atoms with Crippen molar-refractivity contribution in [2.45, 2.75) is 31.6 Å². The Morgan fingerprint density at radius 1 is 1.31 bits per heavy atom. The summed E-state index contributed by atoms with van der Waals surface area (Å²) in [7, 11) is -3.78. The number of rotatable bonds is 4. The van der Waals surface area contributed by atoms with E-state index in [1.807, 2.05) is 0 Å². The van der Waals surface area contributed by atoms with Crippen LogP contribution in [0.1, 0.15) is 30.7 Å². The van der Waals surface area contributed by atoms with Gasteiger partial charge in [0.2, 0.25) is 5.91 Å². The van der Waals surface area contributed by atoms with Gasteiger partial charge in [-0.05, 0) is 43.9 Å². The van der Waals surface area contributed by atoms with Crippen molar-refractivity contribution in [1.29, 1.82) is 0 Å². The number of benzene rings is 1. The number of nitrogens with zero attached hydrogens (tertiary/aromatic N) is 3. The molecule has 3 rings (SSSR count). The Labute approximate surface area is 151 Å². The van der Waals surface area contributed by atoms with Gasteiger partial charge >= 0.3 is 10.2 Å². The standard InChI is InChI=1S/C17H21FN4O3S/c1-13-20-8-11-22(13)26(24,25)21-9-3-6-17(7-10-21,16(19)23)14-4-2-5-15(18)12-14/h2,4-5,8,11-12H,3,6-7,9-10H2,1H3,(H2,19,23). The van der Waals surface area contributed by atoms with Gasteiger partial charge in [-0.15, -0.1) is 0 Å². The number of amides is 1. The summed E-state index contributed by atoms with van der Waals surface area (Å²) in [6.07, 6.45) is 3.81. The minimum Gasteiger partial charge on any atom is -0.369 e. The molecule has 1 aromatic heterocycles. The van der Waals surface area contributed by atoms with Crippen LogP contribution in [0.25, 0.3) is 0 Å². The van der Waals surface area contributed by atoms with Crippen LogP contribution in [0.4, 0.5) is 4.39 Å². The zero-order valence-electron chi connectivity index (χ0n) is 14.4. The van der Waals surface area contributed by atoms with Crippen LogP contribution in [-0.2, 0) is 20.4 Å². The first-order valence-corrected chi connectivity index (χ1v) is 9.74. The molecule has 1 aliphatic rings. The van der Waals surface area contributed by atoms with Gasteiger partial charge < -0.3 is 5.73 Å². The molecule has 2 heterocycles. The number of carbonyl (C=O) groups excluding carboxylic acids is 1. The van der Waals surface area contributed by atoms with Crippen LogP contribution in [0.3, 0.4) is 0 Å². The number of nitrogens with two attached hydrogens (primary N) is 1. The average Bonchev–Trinajstić information content (AvgIpc) is 2.89. The Balaban J connectivity index is 1.93. The van der Waals surface area contributed by atoms with Gasteiger partial charge in [0.1, 0.15) is 11.6 Å². The second-order valence-electron chi connectivity index (χ2n) is 6.49. The highest BCUT2D eigenvalue weighted by atomic mass is 32.2. The zero-order valence-corrected chi connectivity index (χ0v) is 15.2. The Hall–Kier alpha value is -2.26. The first-order chi connectivity index (χ1) is 12.3. The summed E-state index contributed by atoms with van der Waals surface area (Å²) < 4.78 is 41.9. The molecule has 140 valence electrons. The first kappa shape index (κ1) is 18.5. The molecule has 2 N–H and O–H groups in total. The van der Waals surface area contributed by atoms with E-state index in [1.54, 1.807) is 13.0 Å². The fourth-order valence-electron chi connectivity index (χ4n) is 3.54. The lowest BCUT2D eigenvalue weighted by Crippen LogP contribution is -2.43. The maximum atomic E-state index is 13.7. The van der Waals surface area contributed by atoms with Crippen LogP contribution in [0.5, 0.6) is 0 Å². The third-order valence-corrected chi connectivity index (χ3v) is 6.91. The number of aryl methyl sites for hydroxylation is 1. The van der Waals surface area contributed by atoms with E-state index in [-0.39, 0.29) is 19.5 Å². The molecule has 1 saturated heterocycles. The molecule has 0 saturated carbocycles. The molecule has 7 nitrogen and oxygen atoms in total. The fraction of sp³-hybridized carbons (Fsp3) is 0.412. The molecule has 1 fully saturated rings. The Kier molecular flexibility index (Phi) is 4.85. The van der Waals surface area contributed by atoms with E-state index < -0.39 is 27.3 Å². The number of primary amides is 1.